The van der Waals surface area contributed by atoms with E-state index in [0.717, 1.165) is 22.7 Å². The van der Waals surface area contributed by atoms with Crippen molar-refractivity contribution in [2.24, 2.45) is 5.73 Å². The molecule has 0 unspecified atom stereocenters. The van der Waals surface area contributed by atoms with Crippen LogP contribution in [0.15, 0.2) is 48.5 Å². The van der Waals surface area contributed by atoms with Crippen LogP contribution in [0.5, 0.6) is 5.75 Å². The second-order valence-electron chi connectivity index (χ2n) is 4.69. The molecule has 0 bridgehead atoms. The molecule has 2 aromatic carbocycles. The largest absolute Gasteiger partial charge is 0.489 e. The van der Waals surface area contributed by atoms with Crippen LogP contribution in [-0.4, -0.2) is 6.10 Å². The lowest BCUT2D eigenvalue weighted by Crippen LogP contribution is -2.07. The molecule has 0 aliphatic heterocycles. The molecule has 3 nitrogen and oxygen atoms in total. The Kier molecular flexibility index (Phi) is 4.42. The van der Waals surface area contributed by atoms with E-state index < -0.39 is 0 Å². The van der Waals surface area contributed by atoms with Crippen molar-refractivity contribution in [3.8, 4) is 5.75 Å². The lowest BCUT2D eigenvalue weighted by molar-refractivity contribution is 0.244. The predicted molar refractivity (Wildman–Crippen MR) is 79.8 cm³/mol. The van der Waals surface area contributed by atoms with Gasteiger partial charge in [-0.25, -0.2) is 0 Å². The molecule has 0 amide bonds. The van der Waals surface area contributed by atoms with Crippen molar-refractivity contribution in [1.29, 1.82) is 0 Å². The molecule has 0 heterocycles. The Morgan fingerprint density at radius 1 is 1.11 bits per heavy atom. The van der Waals surface area contributed by atoms with Gasteiger partial charge in [-0.3, -0.25) is 0 Å². The highest BCUT2D eigenvalue weighted by Gasteiger charge is 2.05. The van der Waals surface area contributed by atoms with Crippen LogP contribution in [0.4, 0.5) is 11.4 Å². The molecule has 0 aromatic heterocycles. The van der Waals surface area contributed by atoms with Crippen LogP contribution in [-0.2, 0) is 6.54 Å². The van der Waals surface area contributed by atoms with Gasteiger partial charge in [0.2, 0.25) is 0 Å². The number of anilines is 2. The third kappa shape index (κ3) is 3.73. The Hall–Kier alpha value is -2.00. The molecule has 0 radical (unpaired) electrons. The van der Waals surface area contributed by atoms with E-state index in [1.54, 1.807) is 0 Å². The van der Waals surface area contributed by atoms with Crippen LogP contribution in [0, 0.1) is 0 Å². The second-order valence-corrected chi connectivity index (χ2v) is 4.69. The first kappa shape index (κ1) is 13.4. The van der Waals surface area contributed by atoms with Crippen molar-refractivity contribution >= 4 is 11.4 Å². The molecule has 0 saturated carbocycles. The zero-order valence-corrected chi connectivity index (χ0v) is 11.4. The minimum Gasteiger partial charge on any atom is -0.489 e. The fourth-order valence-electron chi connectivity index (χ4n) is 1.86. The summed E-state index contributed by atoms with van der Waals surface area (Å²) in [6.45, 7) is 4.58. The molecule has 0 fully saturated rings. The predicted octanol–water partition coefficient (Wildman–Crippen LogP) is 3.68. The van der Waals surface area contributed by atoms with Crippen LogP contribution in [0.1, 0.15) is 19.4 Å². The molecule has 2 aromatic rings. The quantitative estimate of drug-likeness (QED) is 0.858. The molecule has 19 heavy (non-hydrogen) atoms. The van der Waals surface area contributed by atoms with E-state index in [4.69, 9.17) is 10.5 Å². The summed E-state index contributed by atoms with van der Waals surface area (Å²) >= 11 is 0. The molecular weight excluding hydrogens is 236 g/mol. The summed E-state index contributed by atoms with van der Waals surface area (Å²) in [5, 5.41) is 3.37. The fourth-order valence-corrected chi connectivity index (χ4v) is 1.86. The molecule has 0 saturated heterocycles. The summed E-state index contributed by atoms with van der Waals surface area (Å²) in [6.07, 6.45) is 0.151. The zero-order valence-electron chi connectivity index (χ0n) is 11.4. The van der Waals surface area contributed by atoms with Gasteiger partial charge in [-0.1, -0.05) is 24.3 Å². The summed E-state index contributed by atoms with van der Waals surface area (Å²) in [5.74, 6) is 0.857. The van der Waals surface area contributed by atoms with Crippen LogP contribution < -0.4 is 15.8 Å². The van der Waals surface area contributed by atoms with Crippen molar-refractivity contribution < 1.29 is 4.74 Å². The number of hydrogen-bond donors (Lipinski definition) is 2. The van der Waals surface area contributed by atoms with E-state index in [9.17, 15) is 0 Å². The van der Waals surface area contributed by atoms with Crippen molar-refractivity contribution in [1.82, 2.24) is 0 Å². The number of ether oxygens (including phenoxy) is 1. The van der Waals surface area contributed by atoms with Gasteiger partial charge in [-0.2, -0.15) is 0 Å². The molecule has 0 atom stereocenters. The smallest absolute Gasteiger partial charge is 0.143 e. The number of benzene rings is 2. The van der Waals surface area contributed by atoms with E-state index in [1.807, 2.05) is 62.4 Å². The third-order valence-corrected chi connectivity index (χ3v) is 2.69. The Balaban J connectivity index is 2.22. The summed E-state index contributed by atoms with van der Waals surface area (Å²) in [7, 11) is 0. The number of nitrogens with one attached hydrogen (secondary N) is 1. The topological polar surface area (TPSA) is 47.3 Å². The first-order valence-corrected chi connectivity index (χ1v) is 6.51. The highest BCUT2D eigenvalue weighted by Crippen LogP contribution is 2.28. The Morgan fingerprint density at radius 3 is 2.63 bits per heavy atom. The van der Waals surface area contributed by atoms with E-state index in [2.05, 4.69) is 5.32 Å². The summed E-state index contributed by atoms with van der Waals surface area (Å²) in [5.41, 5.74) is 8.74. The van der Waals surface area contributed by atoms with Gasteiger partial charge in [-0.05, 0) is 43.7 Å². The Labute approximate surface area is 114 Å². The van der Waals surface area contributed by atoms with Gasteiger partial charge in [0.1, 0.15) is 5.75 Å². The number of para-hydroxylation sites is 2. The van der Waals surface area contributed by atoms with Gasteiger partial charge in [0.15, 0.2) is 0 Å². The maximum absolute atomic E-state index is 5.79. The minimum absolute atomic E-state index is 0.151. The van der Waals surface area contributed by atoms with Gasteiger partial charge in [0.25, 0.3) is 0 Å². The van der Waals surface area contributed by atoms with Crippen LogP contribution in [0.25, 0.3) is 0 Å². The fraction of sp³-hybridized carbons (Fsp3) is 0.250. The van der Waals surface area contributed by atoms with E-state index >= 15 is 0 Å². The van der Waals surface area contributed by atoms with Crippen molar-refractivity contribution in [2.45, 2.75) is 26.5 Å². The molecule has 0 aliphatic rings. The Bertz CT molecular complexity index is 538. The standard InChI is InChI=1S/C16H20N2O/c1-12(2)19-16-9-4-3-8-15(16)18-14-7-5-6-13(10-14)11-17/h3-10,12,18H,11,17H2,1-2H3. The molecule has 100 valence electrons. The average molecular weight is 256 g/mol. The zero-order chi connectivity index (χ0) is 13.7. The van der Waals surface area contributed by atoms with Crippen molar-refractivity contribution in [3.05, 3.63) is 54.1 Å². The van der Waals surface area contributed by atoms with Gasteiger partial charge in [0, 0.05) is 12.2 Å². The first-order chi connectivity index (χ1) is 9.19. The minimum atomic E-state index is 0.151. The number of nitrogens with two attached hydrogens (primary N) is 1. The van der Waals surface area contributed by atoms with Crippen molar-refractivity contribution in [3.63, 3.8) is 0 Å². The van der Waals surface area contributed by atoms with E-state index in [0.29, 0.717) is 6.54 Å². The normalized spacial score (nSPS) is 10.5. The molecule has 0 aliphatic carbocycles. The molecule has 3 heteroatoms. The summed E-state index contributed by atoms with van der Waals surface area (Å²) < 4.78 is 5.79. The first-order valence-electron chi connectivity index (χ1n) is 6.51. The maximum Gasteiger partial charge on any atom is 0.143 e. The van der Waals surface area contributed by atoms with Gasteiger partial charge >= 0.3 is 0 Å². The van der Waals surface area contributed by atoms with Crippen molar-refractivity contribution in [2.75, 3.05) is 5.32 Å². The Morgan fingerprint density at radius 2 is 1.89 bits per heavy atom. The SMILES string of the molecule is CC(C)Oc1ccccc1Nc1cccc(CN)c1. The van der Waals surface area contributed by atoms with Gasteiger partial charge in [0.05, 0.1) is 11.8 Å². The highest BCUT2D eigenvalue weighted by molar-refractivity contribution is 5.66. The van der Waals surface area contributed by atoms with Crippen LogP contribution in [0.2, 0.25) is 0 Å². The second kappa shape index (κ2) is 6.25. The van der Waals surface area contributed by atoms with Crippen LogP contribution in [0.3, 0.4) is 0 Å². The van der Waals surface area contributed by atoms with E-state index in [-0.39, 0.29) is 6.10 Å². The highest BCUT2D eigenvalue weighted by atomic mass is 16.5. The van der Waals surface area contributed by atoms with E-state index in [1.165, 1.54) is 0 Å². The summed E-state index contributed by atoms with van der Waals surface area (Å²) in [6, 6.07) is 16.0. The van der Waals surface area contributed by atoms with Gasteiger partial charge < -0.3 is 15.8 Å². The van der Waals surface area contributed by atoms with Gasteiger partial charge in [-0.15, -0.1) is 0 Å². The lowest BCUT2D eigenvalue weighted by Gasteiger charge is -2.15. The lowest BCUT2D eigenvalue weighted by atomic mass is 10.2. The molecular formula is C16H20N2O. The number of hydrogen-bond acceptors (Lipinski definition) is 3. The molecule has 0 spiro atoms. The van der Waals surface area contributed by atoms with Crippen LogP contribution >= 0.6 is 0 Å². The monoisotopic (exact) mass is 256 g/mol. The third-order valence-electron chi connectivity index (χ3n) is 2.69. The average Bonchev–Trinajstić information content (AvgIpc) is 2.41. The number of rotatable bonds is 5. The molecule has 3 N–H and O–H groups in total. The summed E-state index contributed by atoms with van der Waals surface area (Å²) in [4.78, 5) is 0. The maximum atomic E-state index is 5.79. The molecule has 2 rings (SSSR count).